The van der Waals surface area contributed by atoms with E-state index in [1.807, 2.05) is 22.9 Å². The molecule has 2 aromatic rings. The minimum atomic E-state index is 0.711. The fraction of sp³-hybridized carbons (Fsp3) is 0.200. The molecule has 2 heterocycles. The molecule has 14 heavy (non-hydrogen) atoms. The van der Waals surface area contributed by atoms with Crippen molar-refractivity contribution in [3.05, 3.63) is 37.1 Å². The Morgan fingerprint density at radius 3 is 3.07 bits per heavy atom. The molecule has 0 fully saturated rings. The summed E-state index contributed by atoms with van der Waals surface area (Å²) in [5, 5.41) is 0. The number of hydrogen-bond acceptors (Lipinski definition) is 2. The van der Waals surface area contributed by atoms with E-state index in [9.17, 15) is 0 Å². The number of hydrogen-bond donors (Lipinski definition) is 0. The van der Waals surface area contributed by atoms with Gasteiger partial charge >= 0.3 is 0 Å². The lowest BCUT2D eigenvalue weighted by Gasteiger charge is -1.95. The number of imidazole rings is 1. The average Bonchev–Trinajstić information content (AvgIpc) is 2.68. The number of rotatable bonds is 3. The highest BCUT2D eigenvalue weighted by Gasteiger charge is 2.00. The topological polar surface area (TPSA) is 30.7 Å². The van der Waals surface area contributed by atoms with Gasteiger partial charge in [-0.3, -0.25) is 4.98 Å². The highest BCUT2D eigenvalue weighted by atomic mass is 32.1. The molecule has 0 spiro atoms. The quantitative estimate of drug-likeness (QED) is 0.767. The van der Waals surface area contributed by atoms with Crippen molar-refractivity contribution in [2.75, 3.05) is 5.75 Å². The summed E-state index contributed by atoms with van der Waals surface area (Å²) in [5.74, 6) is 0.711. The van der Waals surface area contributed by atoms with Crippen molar-refractivity contribution < 1.29 is 0 Å². The van der Waals surface area contributed by atoms with Crippen LogP contribution in [0, 0.1) is 0 Å². The maximum atomic E-state index is 4.90. The molecule has 0 amide bonds. The zero-order valence-electron chi connectivity index (χ0n) is 7.63. The molecule has 0 atom stereocenters. The highest BCUT2D eigenvalue weighted by Crippen LogP contribution is 2.14. The Morgan fingerprint density at radius 2 is 2.36 bits per heavy atom. The second-order valence-corrected chi connectivity index (χ2v) is 3.35. The maximum absolute atomic E-state index is 4.90. The van der Waals surface area contributed by atoms with Gasteiger partial charge in [0.25, 0.3) is 0 Å². The van der Waals surface area contributed by atoms with Gasteiger partial charge in [0.1, 0.15) is 0 Å². The molecule has 0 aliphatic rings. The molecule has 4 heteroatoms. The minimum absolute atomic E-state index is 0.711. The first-order chi connectivity index (χ1) is 6.90. The zero-order chi connectivity index (χ0) is 9.80. The van der Waals surface area contributed by atoms with Crippen LogP contribution >= 0.6 is 12.6 Å². The molecular formula is C10H10N3S. The highest BCUT2D eigenvalue weighted by molar-refractivity contribution is 7.80. The number of pyridine rings is 1. The van der Waals surface area contributed by atoms with Crippen molar-refractivity contribution in [1.82, 2.24) is 14.5 Å². The Bertz CT molecular complexity index is 397. The standard InChI is InChI=1S/C10H10N3S/c14-5-4-13-7-10(12-8-13)9-2-1-3-11-6-9/h1-3,6-8H,4-5H2. The number of aryl methyl sites for hydroxylation is 1. The van der Waals surface area contributed by atoms with Gasteiger partial charge in [-0.15, -0.1) is 0 Å². The molecule has 0 N–H and O–H groups in total. The molecule has 2 rings (SSSR count). The summed E-state index contributed by atoms with van der Waals surface area (Å²) in [6.07, 6.45) is 7.35. The van der Waals surface area contributed by atoms with Crippen molar-refractivity contribution >= 4 is 12.6 Å². The van der Waals surface area contributed by atoms with E-state index in [0.29, 0.717) is 5.75 Å². The fourth-order valence-corrected chi connectivity index (χ4v) is 1.46. The van der Waals surface area contributed by atoms with Crippen molar-refractivity contribution in [3.8, 4) is 11.3 Å². The monoisotopic (exact) mass is 204 g/mol. The molecule has 0 saturated heterocycles. The first-order valence-electron chi connectivity index (χ1n) is 4.40. The van der Waals surface area contributed by atoms with Crippen LogP contribution in [-0.2, 0) is 6.54 Å². The van der Waals surface area contributed by atoms with Gasteiger partial charge in [-0.25, -0.2) is 4.98 Å². The normalized spacial score (nSPS) is 10.4. The first-order valence-corrected chi connectivity index (χ1v) is 4.98. The van der Waals surface area contributed by atoms with E-state index in [-0.39, 0.29) is 0 Å². The third-order valence-corrected chi connectivity index (χ3v) is 2.12. The van der Waals surface area contributed by atoms with Crippen LogP contribution in [0.15, 0.2) is 37.1 Å². The summed E-state index contributed by atoms with van der Waals surface area (Å²) in [7, 11) is 0. The Hall–Kier alpha value is -1.29. The number of aromatic nitrogens is 3. The van der Waals surface area contributed by atoms with Gasteiger partial charge in [-0.2, -0.15) is 0 Å². The van der Waals surface area contributed by atoms with E-state index >= 15 is 0 Å². The lowest BCUT2D eigenvalue weighted by Crippen LogP contribution is -1.94. The Morgan fingerprint density at radius 1 is 1.43 bits per heavy atom. The second-order valence-electron chi connectivity index (χ2n) is 2.94. The van der Waals surface area contributed by atoms with E-state index in [4.69, 9.17) is 12.6 Å². The third-order valence-electron chi connectivity index (χ3n) is 1.94. The largest absolute Gasteiger partial charge is 0.336 e. The molecule has 0 aromatic carbocycles. The maximum Gasteiger partial charge on any atom is 0.0954 e. The molecule has 1 radical (unpaired) electrons. The Labute approximate surface area is 88.2 Å². The summed E-state index contributed by atoms with van der Waals surface area (Å²) in [6, 6.07) is 3.90. The summed E-state index contributed by atoms with van der Waals surface area (Å²) in [6.45, 7) is 0.836. The summed E-state index contributed by atoms with van der Waals surface area (Å²) < 4.78 is 2.00. The van der Waals surface area contributed by atoms with E-state index in [1.54, 1.807) is 18.7 Å². The van der Waals surface area contributed by atoms with Gasteiger partial charge in [-0.1, -0.05) is 12.6 Å². The first kappa shape index (κ1) is 9.27. The lowest BCUT2D eigenvalue weighted by molar-refractivity contribution is 0.772. The molecule has 0 bridgehead atoms. The second kappa shape index (κ2) is 4.28. The third kappa shape index (κ3) is 1.96. The molecule has 0 aliphatic carbocycles. The van der Waals surface area contributed by atoms with Crippen LogP contribution < -0.4 is 0 Å². The number of nitrogens with zero attached hydrogens (tertiary/aromatic N) is 3. The smallest absolute Gasteiger partial charge is 0.0954 e. The predicted octanol–water partition coefficient (Wildman–Crippen LogP) is 2.14. The fourth-order valence-electron chi connectivity index (χ4n) is 1.25. The van der Waals surface area contributed by atoms with Gasteiger partial charge in [0.15, 0.2) is 0 Å². The Kier molecular flexibility index (Phi) is 2.84. The molecular weight excluding hydrogens is 194 g/mol. The van der Waals surface area contributed by atoms with Crippen molar-refractivity contribution in [2.45, 2.75) is 6.54 Å². The van der Waals surface area contributed by atoms with E-state index < -0.39 is 0 Å². The van der Waals surface area contributed by atoms with Crippen LogP contribution in [0.4, 0.5) is 0 Å². The van der Waals surface area contributed by atoms with Crippen LogP contribution in [0.5, 0.6) is 0 Å². The van der Waals surface area contributed by atoms with E-state index in [0.717, 1.165) is 17.8 Å². The van der Waals surface area contributed by atoms with E-state index in [1.165, 1.54) is 0 Å². The Balaban J connectivity index is 2.25. The molecule has 2 aromatic heterocycles. The molecule has 0 aliphatic heterocycles. The zero-order valence-corrected chi connectivity index (χ0v) is 8.44. The van der Waals surface area contributed by atoms with Gasteiger partial charge in [0, 0.05) is 36.5 Å². The van der Waals surface area contributed by atoms with Crippen molar-refractivity contribution in [2.24, 2.45) is 0 Å². The molecule has 3 nitrogen and oxygen atoms in total. The summed E-state index contributed by atoms with van der Waals surface area (Å²) >= 11 is 4.90. The lowest BCUT2D eigenvalue weighted by atomic mass is 10.2. The van der Waals surface area contributed by atoms with Gasteiger partial charge in [0.05, 0.1) is 12.0 Å². The molecule has 0 saturated carbocycles. The van der Waals surface area contributed by atoms with Crippen LogP contribution in [0.2, 0.25) is 0 Å². The van der Waals surface area contributed by atoms with Crippen molar-refractivity contribution in [1.29, 1.82) is 0 Å². The van der Waals surface area contributed by atoms with Crippen LogP contribution in [0.25, 0.3) is 11.3 Å². The van der Waals surface area contributed by atoms with Gasteiger partial charge in [0.2, 0.25) is 0 Å². The average molecular weight is 204 g/mol. The van der Waals surface area contributed by atoms with Crippen LogP contribution in [0.3, 0.4) is 0 Å². The van der Waals surface area contributed by atoms with Gasteiger partial charge < -0.3 is 4.57 Å². The molecule has 0 unspecified atom stereocenters. The summed E-state index contributed by atoms with van der Waals surface area (Å²) in [4.78, 5) is 8.33. The van der Waals surface area contributed by atoms with Crippen molar-refractivity contribution in [3.63, 3.8) is 0 Å². The summed E-state index contributed by atoms with van der Waals surface area (Å²) in [5.41, 5.74) is 1.98. The SMILES string of the molecule is [S]CCn1cnc(-c2cccnc2)c1. The van der Waals surface area contributed by atoms with Gasteiger partial charge in [-0.05, 0) is 12.1 Å². The minimum Gasteiger partial charge on any atom is -0.336 e. The molecule has 71 valence electrons. The predicted molar refractivity (Wildman–Crippen MR) is 57.9 cm³/mol. The van der Waals surface area contributed by atoms with Crippen LogP contribution in [-0.4, -0.2) is 20.3 Å². The van der Waals surface area contributed by atoms with E-state index in [2.05, 4.69) is 9.97 Å². The van der Waals surface area contributed by atoms with Crippen LogP contribution in [0.1, 0.15) is 0 Å².